The number of hydrogen-bond acceptors (Lipinski definition) is 2. The second-order valence-electron chi connectivity index (χ2n) is 1.12. The van der Waals surface area contributed by atoms with Gasteiger partial charge < -0.3 is 9.76 Å². The molecule has 4 heteroatoms. The molecule has 0 heterocycles. The average molecular weight is 107 g/mol. The zero-order valence-corrected chi connectivity index (χ0v) is 4.42. The van der Waals surface area contributed by atoms with E-state index in [0.717, 1.165) is 7.37 Å². The zero-order valence-electron chi connectivity index (χ0n) is 4.42. The van der Waals surface area contributed by atoms with Gasteiger partial charge in [0.1, 0.15) is 11.5 Å². The average Bonchev–Trinajstić information content (AvgIpc) is 1.67. The summed E-state index contributed by atoms with van der Waals surface area (Å²) in [5.41, 5.74) is 0. The van der Waals surface area contributed by atoms with Crippen molar-refractivity contribution in [3.05, 3.63) is 24.7 Å². The van der Waals surface area contributed by atoms with Crippen LogP contribution in [0.2, 0.25) is 0 Å². The van der Waals surface area contributed by atoms with Crippen molar-refractivity contribution in [3.8, 4) is 0 Å². The first kappa shape index (κ1) is 7.21. The zero-order chi connectivity index (χ0) is 6.57. The molecule has 39 valence electrons. The second-order valence-corrected chi connectivity index (χ2v) is 1.12. The standard InChI is InChI=1S/C4H5B2O2/c1-3(7)4(2)8-6-5/h7H,1-2H2. The molecule has 0 aliphatic rings. The molecule has 0 aromatic heterocycles. The molecule has 0 atom stereocenters. The lowest BCUT2D eigenvalue weighted by atomic mass is 9.72. The Morgan fingerprint density at radius 2 is 2.12 bits per heavy atom. The quantitative estimate of drug-likeness (QED) is 0.319. The Labute approximate surface area is 50.5 Å². The lowest BCUT2D eigenvalue weighted by Crippen LogP contribution is -1.98. The minimum atomic E-state index is -0.216. The molecule has 0 fully saturated rings. The van der Waals surface area contributed by atoms with Gasteiger partial charge in [0, 0.05) is 0 Å². The summed E-state index contributed by atoms with van der Waals surface area (Å²) in [5, 5.41) is 8.46. The highest BCUT2D eigenvalue weighted by Gasteiger charge is 1.93. The van der Waals surface area contributed by atoms with E-state index in [0.29, 0.717) is 0 Å². The summed E-state index contributed by atoms with van der Waals surface area (Å²) >= 11 is 0. The maximum Gasteiger partial charge on any atom is 0.302 e. The molecule has 0 aliphatic carbocycles. The Hall–Kier alpha value is -0.790. The van der Waals surface area contributed by atoms with E-state index >= 15 is 0 Å². The van der Waals surface area contributed by atoms with E-state index in [1.165, 1.54) is 0 Å². The summed E-state index contributed by atoms with van der Waals surface area (Å²) in [5.74, 6) is -0.154. The monoisotopic (exact) mass is 107 g/mol. The van der Waals surface area contributed by atoms with E-state index in [2.05, 4.69) is 17.8 Å². The molecule has 1 N–H and O–H groups in total. The van der Waals surface area contributed by atoms with E-state index in [-0.39, 0.29) is 11.5 Å². The number of aliphatic hydroxyl groups excluding tert-OH is 1. The van der Waals surface area contributed by atoms with E-state index < -0.39 is 0 Å². The largest absolute Gasteiger partial charge is 0.572 e. The molecular formula is C4H5B2O2. The van der Waals surface area contributed by atoms with Crippen LogP contribution in [0.5, 0.6) is 0 Å². The van der Waals surface area contributed by atoms with Crippen LogP contribution in [0, 0.1) is 0 Å². The number of hydrogen-bond donors (Lipinski definition) is 1. The normalized spacial score (nSPS) is 7.50. The van der Waals surface area contributed by atoms with E-state index in [1.807, 2.05) is 0 Å². The summed E-state index contributed by atoms with van der Waals surface area (Å²) in [4.78, 5) is 0. The van der Waals surface area contributed by atoms with Crippen LogP contribution in [0.25, 0.3) is 0 Å². The molecule has 0 aromatic carbocycles. The third kappa shape index (κ3) is 2.39. The summed E-state index contributed by atoms with van der Waals surface area (Å²) in [6, 6.07) is 0. The van der Waals surface area contributed by atoms with Crippen LogP contribution in [0.4, 0.5) is 0 Å². The highest BCUT2D eigenvalue weighted by molar-refractivity contribution is 6.85. The van der Waals surface area contributed by atoms with Gasteiger partial charge in [-0.05, 0) is 0 Å². The lowest BCUT2D eigenvalue weighted by molar-refractivity contribution is 0.354. The fourth-order valence-electron chi connectivity index (χ4n) is 0.150. The molecule has 0 amide bonds. The minimum absolute atomic E-state index is 0.0625. The fourth-order valence-corrected chi connectivity index (χ4v) is 0.150. The van der Waals surface area contributed by atoms with Gasteiger partial charge in [-0.25, -0.2) is 0 Å². The van der Waals surface area contributed by atoms with Crippen LogP contribution in [-0.4, -0.2) is 20.2 Å². The van der Waals surface area contributed by atoms with Crippen molar-refractivity contribution >= 4 is 15.1 Å². The Balaban J connectivity index is 3.49. The van der Waals surface area contributed by atoms with Crippen molar-refractivity contribution in [2.24, 2.45) is 0 Å². The highest BCUT2D eigenvalue weighted by atomic mass is 16.4. The lowest BCUT2D eigenvalue weighted by Gasteiger charge is -2.02. The molecule has 0 bridgehead atoms. The fraction of sp³-hybridized carbons (Fsp3) is 0. The summed E-state index contributed by atoms with van der Waals surface area (Å²) < 4.78 is 4.41. The van der Waals surface area contributed by atoms with E-state index in [9.17, 15) is 0 Å². The first-order valence-electron chi connectivity index (χ1n) is 1.95. The van der Waals surface area contributed by atoms with Gasteiger partial charge in [-0.1, -0.05) is 13.2 Å². The Morgan fingerprint density at radius 3 is 2.25 bits per heavy atom. The van der Waals surface area contributed by atoms with Crippen LogP contribution in [-0.2, 0) is 4.65 Å². The molecule has 0 saturated carbocycles. The SMILES string of the molecule is [B][B]OC(=C)C(=C)O. The van der Waals surface area contributed by atoms with Crippen molar-refractivity contribution in [1.29, 1.82) is 0 Å². The van der Waals surface area contributed by atoms with Crippen molar-refractivity contribution < 1.29 is 9.76 Å². The maximum absolute atomic E-state index is 8.46. The van der Waals surface area contributed by atoms with Crippen molar-refractivity contribution in [2.45, 2.75) is 0 Å². The summed E-state index contributed by atoms with van der Waals surface area (Å²) in [6.45, 7) is 6.39. The third-order valence-electron chi connectivity index (χ3n) is 0.532. The number of rotatable bonds is 3. The van der Waals surface area contributed by atoms with Crippen LogP contribution in [0.1, 0.15) is 0 Å². The van der Waals surface area contributed by atoms with E-state index in [4.69, 9.17) is 12.8 Å². The molecule has 8 heavy (non-hydrogen) atoms. The van der Waals surface area contributed by atoms with Gasteiger partial charge in [0.15, 0.2) is 0 Å². The first-order valence-corrected chi connectivity index (χ1v) is 1.95. The smallest absolute Gasteiger partial charge is 0.302 e. The van der Waals surface area contributed by atoms with Gasteiger partial charge in [-0.15, -0.1) is 0 Å². The second kappa shape index (κ2) is 3.24. The third-order valence-corrected chi connectivity index (χ3v) is 0.532. The van der Waals surface area contributed by atoms with Gasteiger partial charge >= 0.3 is 7.37 Å². The summed E-state index contributed by atoms with van der Waals surface area (Å²) in [6.07, 6.45) is 0. The molecule has 0 saturated heterocycles. The Kier molecular flexibility index (Phi) is 2.92. The van der Waals surface area contributed by atoms with Gasteiger partial charge in [0.05, 0.1) is 7.74 Å². The van der Waals surface area contributed by atoms with Gasteiger partial charge in [0.25, 0.3) is 0 Å². The molecule has 0 aromatic rings. The van der Waals surface area contributed by atoms with Crippen LogP contribution in [0.15, 0.2) is 24.7 Å². The van der Waals surface area contributed by atoms with Crippen molar-refractivity contribution in [1.82, 2.24) is 0 Å². The predicted molar refractivity (Wildman–Crippen MR) is 33.5 cm³/mol. The molecule has 0 unspecified atom stereocenters. The Morgan fingerprint density at radius 1 is 1.62 bits per heavy atom. The van der Waals surface area contributed by atoms with Crippen LogP contribution >= 0.6 is 0 Å². The van der Waals surface area contributed by atoms with Crippen molar-refractivity contribution in [2.75, 3.05) is 0 Å². The first-order chi connectivity index (χ1) is 3.68. The molecule has 0 aliphatic heterocycles. The highest BCUT2D eigenvalue weighted by Crippen LogP contribution is 1.98. The topological polar surface area (TPSA) is 29.5 Å². The van der Waals surface area contributed by atoms with Crippen molar-refractivity contribution in [3.63, 3.8) is 0 Å². The van der Waals surface area contributed by atoms with E-state index in [1.54, 1.807) is 0 Å². The van der Waals surface area contributed by atoms with Crippen LogP contribution in [0.3, 0.4) is 0 Å². The summed E-state index contributed by atoms with van der Waals surface area (Å²) in [7, 11) is 5.73. The molecular weight excluding hydrogens is 102 g/mol. The van der Waals surface area contributed by atoms with Gasteiger partial charge in [0.2, 0.25) is 0 Å². The van der Waals surface area contributed by atoms with Gasteiger partial charge in [-0.3, -0.25) is 0 Å². The molecule has 2 nitrogen and oxygen atoms in total. The predicted octanol–water partition coefficient (Wildman–Crippen LogP) is 0.291. The van der Waals surface area contributed by atoms with Crippen LogP contribution < -0.4 is 0 Å². The molecule has 3 radical (unpaired) electrons. The molecule has 0 spiro atoms. The minimum Gasteiger partial charge on any atom is -0.572 e. The molecule has 0 rings (SSSR count). The maximum atomic E-state index is 8.46. The number of aliphatic hydroxyl groups is 1. The van der Waals surface area contributed by atoms with Gasteiger partial charge in [-0.2, -0.15) is 0 Å². The Bertz CT molecular complexity index is 111.